The highest BCUT2D eigenvalue weighted by atomic mass is 19.1. The van der Waals surface area contributed by atoms with Gasteiger partial charge in [0.1, 0.15) is 5.82 Å². The van der Waals surface area contributed by atoms with Crippen molar-refractivity contribution < 1.29 is 4.39 Å². The van der Waals surface area contributed by atoms with E-state index in [1.54, 1.807) is 18.3 Å². The number of nitrogens with zero attached hydrogens (tertiary/aromatic N) is 4. The molecule has 2 aromatic carbocycles. The van der Waals surface area contributed by atoms with Crippen molar-refractivity contribution in [2.24, 2.45) is 0 Å². The van der Waals surface area contributed by atoms with Gasteiger partial charge in [0.2, 0.25) is 5.95 Å². The predicted molar refractivity (Wildman–Crippen MR) is 95.6 cm³/mol. The number of rotatable bonds is 5. The van der Waals surface area contributed by atoms with Crippen LogP contribution >= 0.6 is 0 Å². The number of aromatic nitrogens is 3. The van der Waals surface area contributed by atoms with Crippen LogP contribution in [-0.2, 0) is 12.8 Å². The van der Waals surface area contributed by atoms with Crippen molar-refractivity contribution in [3.63, 3.8) is 0 Å². The zero-order valence-corrected chi connectivity index (χ0v) is 13.7. The molecule has 1 aromatic heterocycles. The van der Waals surface area contributed by atoms with Gasteiger partial charge in [0.05, 0.1) is 6.20 Å². The van der Waals surface area contributed by atoms with Crippen LogP contribution in [-0.4, -0.2) is 28.3 Å². The highest BCUT2D eigenvalue weighted by molar-refractivity contribution is 5.67. The van der Waals surface area contributed by atoms with E-state index in [2.05, 4.69) is 43.6 Å². The molecule has 2 heterocycles. The first-order valence-electron chi connectivity index (χ1n) is 8.33. The van der Waals surface area contributed by atoms with Crippen LogP contribution in [0.4, 0.5) is 21.8 Å². The Morgan fingerprint density at radius 2 is 1.92 bits per heavy atom. The minimum atomic E-state index is -0.220. The summed E-state index contributed by atoms with van der Waals surface area (Å²) in [6.45, 7) is 1.56. The van der Waals surface area contributed by atoms with E-state index in [0.29, 0.717) is 12.5 Å². The van der Waals surface area contributed by atoms with Crippen molar-refractivity contribution in [2.45, 2.75) is 12.8 Å². The average molecular weight is 335 g/mol. The highest BCUT2D eigenvalue weighted by Crippen LogP contribution is 2.32. The molecule has 1 aliphatic heterocycles. The molecule has 1 N–H and O–H groups in total. The van der Waals surface area contributed by atoms with Crippen molar-refractivity contribution in [3.8, 4) is 0 Å². The Morgan fingerprint density at radius 3 is 2.80 bits per heavy atom. The maximum absolute atomic E-state index is 12.9. The Hall–Kier alpha value is -3.02. The summed E-state index contributed by atoms with van der Waals surface area (Å²) in [4.78, 5) is 6.74. The molecule has 25 heavy (non-hydrogen) atoms. The summed E-state index contributed by atoms with van der Waals surface area (Å²) >= 11 is 0. The summed E-state index contributed by atoms with van der Waals surface area (Å²) in [6.07, 6.45) is 3.46. The molecule has 0 bridgehead atoms. The van der Waals surface area contributed by atoms with Crippen molar-refractivity contribution in [1.82, 2.24) is 15.2 Å². The predicted octanol–water partition coefficient (Wildman–Crippen LogP) is 3.36. The van der Waals surface area contributed by atoms with Gasteiger partial charge in [-0.1, -0.05) is 30.3 Å². The molecule has 0 fully saturated rings. The molecule has 4 rings (SSSR count). The maximum Gasteiger partial charge on any atom is 0.244 e. The van der Waals surface area contributed by atoms with Crippen LogP contribution < -0.4 is 10.2 Å². The number of anilines is 3. The SMILES string of the molecule is Fc1ccc(CCNc2nncc(N3CCc4ccccc43)n2)cc1. The zero-order chi connectivity index (χ0) is 17.1. The van der Waals surface area contributed by atoms with Gasteiger partial charge in [-0.05, 0) is 42.2 Å². The molecule has 0 unspecified atom stereocenters. The van der Waals surface area contributed by atoms with Gasteiger partial charge < -0.3 is 10.2 Å². The van der Waals surface area contributed by atoms with E-state index in [9.17, 15) is 4.39 Å². The van der Waals surface area contributed by atoms with Crippen molar-refractivity contribution in [3.05, 3.63) is 71.7 Å². The van der Waals surface area contributed by atoms with Crippen LogP contribution in [0.25, 0.3) is 0 Å². The molecule has 0 amide bonds. The van der Waals surface area contributed by atoms with Gasteiger partial charge in [-0.3, -0.25) is 0 Å². The lowest BCUT2D eigenvalue weighted by Gasteiger charge is -2.18. The number of benzene rings is 2. The molecule has 0 spiro atoms. The maximum atomic E-state index is 12.9. The van der Waals surface area contributed by atoms with Gasteiger partial charge in [0.15, 0.2) is 5.82 Å². The third kappa shape index (κ3) is 3.42. The smallest absolute Gasteiger partial charge is 0.244 e. The summed E-state index contributed by atoms with van der Waals surface area (Å²) in [7, 11) is 0. The minimum absolute atomic E-state index is 0.220. The van der Waals surface area contributed by atoms with E-state index in [0.717, 1.165) is 30.8 Å². The average Bonchev–Trinajstić information content (AvgIpc) is 3.08. The Morgan fingerprint density at radius 1 is 1.08 bits per heavy atom. The first-order chi connectivity index (χ1) is 12.3. The Labute approximate surface area is 145 Å². The Kier molecular flexibility index (Phi) is 4.24. The molecular formula is C19H18FN5. The number of halogens is 1. The van der Waals surface area contributed by atoms with Crippen LogP contribution in [0.1, 0.15) is 11.1 Å². The lowest BCUT2D eigenvalue weighted by Crippen LogP contribution is -2.17. The molecule has 0 saturated carbocycles. The van der Waals surface area contributed by atoms with Crippen LogP contribution in [0.3, 0.4) is 0 Å². The van der Waals surface area contributed by atoms with Gasteiger partial charge in [0.25, 0.3) is 0 Å². The summed E-state index contributed by atoms with van der Waals surface area (Å²) < 4.78 is 12.9. The van der Waals surface area contributed by atoms with Crippen molar-refractivity contribution in [2.75, 3.05) is 23.3 Å². The fourth-order valence-electron chi connectivity index (χ4n) is 3.05. The Balaban J connectivity index is 1.43. The van der Waals surface area contributed by atoms with Crippen LogP contribution in [0.15, 0.2) is 54.7 Å². The Bertz CT molecular complexity index is 866. The molecule has 5 nitrogen and oxygen atoms in total. The van der Waals surface area contributed by atoms with Crippen LogP contribution in [0, 0.1) is 5.82 Å². The monoisotopic (exact) mass is 335 g/mol. The second-order valence-corrected chi connectivity index (χ2v) is 5.97. The second-order valence-electron chi connectivity index (χ2n) is 5.97. The fourth-order valence-corrected chi connectivity index (χ4v) is 3.05. The third-order valence-electron chi connectivity index (χ3n) is 4.32. The van der Waals surface area contributed by atoms with E-state index in [1.807, 2.05) is 6.07 Å². The van der Waals surface area contributed by atoms with E-state index >= 15 is 0 Å². The van der Waals surface area contributed by atoms with Crippen LogP contribution in [0.5, 0.6) is 0 Å². The number of para-hydroxylation sites is 1. The van der Waals surface area contributed by atoms with E-state index in [4.69, 9.17) is 0 Å². The van der Waals surface area contributed by atoms with Gasteiger partial charge in [-0.2, -0.15) is 10.1 Å². The molecule has 0 aliphatic carbocycles. The van der Waals surface area contributed by atoms with E-state index < -0.39 is 0 Å². The number of hydrogen-bond acceptors (Lipinski definition) is 5. The number of hydrogen-bond donors (Lipinski definition) is 1. The van der Waals surface area contributed by atoms with Crippen molar-refractivity contribution >= 4 is 17.5 Å². The van der Waals surface area contributed by atoms with Gasteiger partial charge in [-0.15, -0.1) is 5.10 Å². The molecular weight excluding hydrogens is 317 g/mol. The number of nitrogens with one attached hydrogen (secondary N) is 1. The largest absolute Gasteiger partial charge is 0.353 e. The molecule has 6 heteroatoms. The van der Waals surface area contributed by atoms with Gasteiger partial charge in [0, 0.05) is 18.8 Å². The lowest BCUT2D eigenvalue weighted by atomic mass is 10.1. The van der Waals surface area contributed by atoms with Gasteiger partial charge in [-0.25, -0.2) is 4.39 Å². The topological polar surface area (TPSA) is 53.9 Å². The van der Waals surface area contributed by atoms with E-state index in [-0.39, 0.29) is 5.82 Å². The zero-order valence-electron chi connectivity index (χ0n) is 13.7. The van der Waals surface area contributed by atoms with Crippen molar-refractivity contribution in [1.29, 1.82) is 0 Å². The quantitative estimate of drug-likeness (QED) is 0.775. The molecule has 0 saturated heterocycles. The van der Waals surface area contributed by atoms with Gasteiger partial charge >= 0.3 is 0 Å². The normalized spacial score (nSPS) is 12.9. The standard InChI is InChI=1S/C19H18FN5/c20-16-7-5-14(6-8-16)9-11-21-19-23-18(13-22-24-19)25-12-10-15-3-1-2-4-17(15)25/h1-8,13H,9-12H2,(H,21,23,24). The third-order valence-corrected chi connectivity index (χ3v) is 4.32. The summed E-state index contributed by atoms with van der Waals surface area (Å²) in [5, 5.41) is 11.3. The second kappa shape index (κ2) is 6.84. The lowest BCUT2D eigenvalue weighted by molar-refractivity contribution is 0.627. The summed E-state index contributed by atoms with van der Waals surface area (Å²) in [5.74, 6) is 1.08. The first-order valence-corrected chi connectivity index (χ1v) is 8.33. The summed E-state index contributed by atoms with van der Waals surface area (Å²) in [6, 6.07) is 14.9. The molecule has 0 atom stereocenters. The summed E-state index contributed by atoms with van der Waals surface area (Å²) in [5.41, 5.74) is 3.57. The number of fused-ring (bicyclic) bond motifs is 1. The molecule has 3 aromatic rings. The van der Waals surface area contributed by atoms with E-state index in [1.165, 1.54) is 23.4 Å². The first kappa shape index (κ1) is 15.5. The highest BCUT2D eigenvalue weighted by Gasteiger charge is 2.21. The molecule has 126 valence electrons. The minimum Gasteiger partial charge on any atom is -0.353 e. The fraction of sp³-hybridized carbons (Fsp3) is 0.211. The molecule has 1 aliphatic rings. The molecule has 0 radical (unpaired) electrons. The van der Waals surface area contributed by atoms with Crippen LogP contribution in [0.2, 0.25) is 0 Å².